The first-order valence-electron chi connectivity index (χ1n) is 14.2. The van der Waals surface area contributed by atoms with Gasteiger partial charge in [-0.2, -0.15) is 0 Å². The fourth-order valence-electron chi connectivity index (χ4n) is 9.21. The number of likely N-dealkylation sites (tertiary alicyclic amines) is 1. The number of piperidine rings is 1. The molecule has 2 N–H and O–H groups in total. The van der Waals surface area contributed by atoms with Crippen molar-refractivity contribution in [2.24, 2.45) is 11.3 Å². The maximum absolute atomic E-state index is 12.8. The highest BCUT2D eigenvalue weighted by molar-refractivity contribution is 5.63. The average Bonchev–Trinajstić information content (AvgIpc) is 3.63. The molecule has 6 aliphatic rings. The molecule has 2 bridgehead atoms. The van der Waals surface area contributed by atoms with Gasteiger partial charge in [-0.05, 0) is 81.0 Å². The second-order valence-corrected chi connectivity index (χ2v) is 12.6. The van der Waals surface area contributed by atoms with E-state index in [0.29, 0.717) is 6.04 Å². The first-order valence-corrected chi connectivity index (χ1v) is 14.2. The van der Waals surface area contributed by atoms with E-state index < -0.39 is 5.60 Å². The molecule has 3 saturated carbocycles. The summed E-state index contributed by atoms with van der Waals surface area (Å²) in [4.78, 5) is 2.66. The van der Waals surface area contributed by atoms with Gasteiger partial charge in [0, 0.05) is 36.2 Å². The lowest BCUT2D eigenvalue weighted by Crippen LogP contribution is -2.80. The number of nitrogens with zero attached hydrogens (tertiary/aromatic N) is 1. The van der Waals surface area contributed by atoms with Gasteiger partial charge in [-0.25, -0.2) is 0 Å². The number of nitrogens with one attached hydrogen (secondary N) is 1. The van der Waals surface area contributed by atoms with Gasteiger partial charge in [-0.3, -0.25) is 4.90 Å². The van der Waals surface area contributed by atoms with Gasteiger partial charge in [0.2, 0.25) is 0 Å². The molecule has 5 heteroatoms. The lowest BCUT2D eigenvalue weighted by Gasteiger charge is -2.69. The first-order chi connectivity index (χ1) is 17.6. The number of hydrogen-bond acceptors (Lipinski definition) is 5. The molecule has 1 saturated heterocycles. The summed E-state index contributed by atoms with van der Waals surface area (Å²) in [5, 5.41) is 16.8. The minimum atomic E-state index is -0.736. The monoisotopic (exact) mass is 486 g/mol. The quantitative estimate of drug-likeness (QED) is 0.641. The van der Waals surface area contributed by atoms with Crippen LogP contribution in [0.3, 0.4) is 0 Å². The highest BCUT2D eigenvalue weighted by Crippen LogP contribution is 2.71. The minimum Gasteiger partial charge on any atom is -0.493 e. The van der Waals surface area contributed by atoms with Crippen LogP contribution in [0, 0.1) is 11.3 Å². The molecule has 4 aliphatic carbocycles. The largest absolute Gasteiger partial charge is 0.493 e. The van der Waals surface area contributed by atoms with E-state index >= 15 is 0 Å². The number of aliphatic hydroxyl groups is 1. The molecule has 0 radical (unpaired) electrons. The van der Waals surface area contributed by atoms with E-state index in [2.05, 4.69) is 52.7 Å². The van der Waals surface area contributed by atoms with Crippen molar-refractivity contribution >= 4 is 0 Å². The Morgan fingerprint density at radius 2 is 1.92 bits per heavy atom. The summed E-state index contributed by atoms with van der Waals surface area (Å²) in [5.74, 6) is 2.60. The SMILES string of the molecule is COc1ccc2c3c1O[C@H]1[C@@]4(CC[C@@H]4NCc4ccccc4)CC[C@@]4(O)[C@H](C2)N(CC2CC2)CC[C@]314. The molecule has 2 aliphatic heterocycles. The van der Waals surface area contributed by atoms with Crippen molar-refractivity contribution in [3.8, 4) is 11.5 Å². The van der Waals surface area contributed by atoms with Crippen molar-refractivity contribution in [3.05, 3.63) is 59.2 Å². The Bertz CT molecular complexity index is 1200. The van der Waals surface area contributed by atoms with Crippen molar-refractivity contribution in [2.45, 2.75) is 87.1 Å². The smallest absolute Gasteiger partial charge is 0.165 e. The molecule has 0 aromatic heterocycles. The van der Waals surface area contributed by atoms with Crippen LogP contribution < -0.4 is 14.8 Å². The highest BCUT2D eigenvalue weighted by atomic mass is 16.5. The van der Waals surface area contributed by atoms with Gasteiger partial charge in [-0.1, -0.05) is 36.4 Å². The van der Waals surface area contributed by atoms with Crippen LogP contribution in [0.1, 0.15) is 61.6 Å². The summed E-state index contributed by atoms with van der Waals surface area (Å²) >= 11 is 0. The summed E-state index contributed by atoms with van der Waals surface area (Å²) in [7, 11) is 1.75. The first kappa shape index (κ1) is 22.0. The zero-order chi connectivity index (χ0) is 24.1. The molecule has 0 amide bonds. The van der Waals surface area contributed by atoms with E-state index in [0.717, 1.165) is 62.7 Å². The van der Waals surface area contributed by atoms with Crippen LogP contribution >= 0.6 is 0 Å². The number of methoxy groups -OCH3 is 1. The minimum absolute atomic E-state index is 0.00157. The molecule has 6 atom stereocenters. The Kier molecular flexibility index (Phi) is 4.57. The molecule has 5 nitrogen and oxygen atoms in total. The van der Waals surface area contributed by atoms with E-state index in [9.17, 15) is 5.11 Å². The number of fused-ring (bicyclic) bond motifs is 1. The van der Waals surface area contributed by atoms with Crippen molar-refractivity contribution in [3.63, 3.8) is 0 Å². The van der Waals surface area contributed by atoms with Gasteiger partial charge in [-0.15, -0.1) is 0 Å². The lowest BCUT2D eigenvalue weighted by atomic mass is 9.40. The Balaban J connectivity index is 1.21. The number of benzene rings is 2. The molecule has 2 spiro atoms. The third-order valence-corrected chi connectivity index (χ3v) is 11.2. The van der Waals surface area contributed by atoms with Crippen LogP contribution in [-0.4, -0.2) is 54.0 Å². The van der Waals surface area contributed by atoms with E-state index in [1.807, 2.05) is 0 Å². The van der Waals surface area contributed by atoms with E-state index in [-0.39, 0.29) is 23.0 Å². The average molecular weight is 487 g/mol. The molecule has 2 heterocycles. The van der Waals surface area contributed by atoms with Gasteiger partial charge < -0.3 is 19.9 Å². The van der Waals surface area contributed by atoms with Gasteiger partial charge in [0.05, 0.1) is 18.1 Å². The third kappa shape index (κ3) is 2.67. The maximum atomic E-state index is 12.8. The van der Waals surface area contributed by atoms with E-state index in [4.69, 9.17) is 9.47 Å². The van der Waals surface area contributed by atoms with E-state index in [1.165, 1.54) is 42.4 Å². The van der Waals surface area contributed by atoms with Crippen LogP contribution in [0.15, 0.2) is 42.5 Å². The van der Waals surface area contributed by atoms with Crippen molar-refractivity contribution in [2.75, 3.05) is 20.2 Å². The lowest BCUT2D eigenvalue weighted by molar-refractivity contribution is -0.236. The molecule has 0 unspecified atom stereocenters. The summed E-state index contributed by atoms with van der Waals surface area (Å²) < 4.78 is 12.9. The molecular weight excluding hydrogens is 448 g/mol. The van der Waals surface area contributed by atoms with Crippen molar-refractivity contribution in [1.29, 1.82) is 0 Å². The zero-order valence-electron chi connectivity index (χ0n) is 21.3. The van der Waals surface area contributed by atoms with E-state index in [1.54, 1.807) is 7.11 Å². The van der Waals surface area contributed by atoms with Crippen LogP contribution in [0.2, 0.25) is 0 Å². The second kappa shape index (κ2) is 7.49. The molecule has 2 aromatic carbocycles. The Hall–Kier alpha value is -2.08. The van der Waals surface area contributed by atoms with Crippen LogP contribution in [0.5, 0.6) is 11.5 Å². The van der Waals surface area contributed by atoms with Gasteiger partial charge >= 0.3 is 0 Å². The fourth-order valence-corrected chi connectivity index (χ4v) is 9.21. The fraction of sp³-hybridized carbons (Fsp3) is 0.613. The van der Waals surface area contributed by atoms with Gasteiger partial charge in [0.25, 0.3) is 0 Å². The molecule has 8 rings (SSSR count). The third-order valence-electron chi connectivity index (χ3n) is 11.2. The maximum Gasteiger partial charge on any atom is 0.165 e. The van der Waals surface area contributed by atoms with Gasteiger partial charge in [0.1, 0.15) is 6.10 Å². The van der Waals surface area contributed by atoms with Crippen molar-refractivity contribution < 1.29 is 14.6 Å². The molecule has 190 valence electrons. The standard InChI is InChI=1S/C31H38N2O3/c1-35-23-10-9-22-17-25-31(34)14-13-29(12-11-24(29)32-18-20-5-3-2-4-6-20)28-30(31,26(22)27(23)36-28)15-16-33(25)19-21-7-8-21/h2-6,9-10,21,24-25,28,32,34H,7-8,11-19H2,1H3/t24-,25-,28-,29-,30-,31+/m0/s1. The molecule has 36 heavy (non-hydrogen) atoms. The Labute approximate surface area is 214 Å². The summed E-state index contributed by atoms with van der Waals surface area (Å²) in [5.41, 5.74) is 3.00. The summed E-state index contributed by atoms with van der Waals surface area (Å²) in [6, 6.07) is 15.7. The van der Waals surface area contributed by atoms with Gasteiger partial charge in [0.15, 0.2) is 11.5 Å². The molecular formula is C31H38N2O3. The predicted molar refractivity (Wildman–Crippen MR) is 138 cm³/mol. The topological polar surface area (TPSA) is 54.0 Å². The summed E-state index contributed by atoms with van der Waals surface area (Å²) in [6.07, 6.45) is 8.88. The molecule has 4 fully saturated rings. The Morgan fingerprint density at radius 1 is 1.06 bits per heavy atom. The highest BCUT2D eigenvalue weighted by Gasteiger charge is 2.77. The molecule has 2 aromatic rings. The normalized spacial score (nSPS) is 39.9. The van der Waals surface area contributed by atoms with Crippen molar-refractivity contribution in [1.82, 2.24) is 10.2 Å². The number of rotatable bonds is 6. The zero-order valence-corrected chi connectivity index (χ0v) is 21.3. The number of ether oxygens (including phenoxy) is 2. The van der Waals surface area contributed by atoms with Crippen LogP contribution in [0.25, 0.3) is 0 Å². The summed E-state index contributed by atoms with van der Waals surface area (Å²) in [6.45, 7) is 3.10. The predicted octanol–water partition coefficient (Wildman–Crippen LogP) is 4.20. The van der Waals surface area contributed by atoms with Crippen LogP contribution in [0.4, 0.5) is 0 Å². The second-order valence-electron chi connectivity index (χ2n) is 12.6. The Morgan fingerprint density at radius 3 is 2.67 bits per heavy atom. The number of hydrogen-bond donors (Lipinski definition) is 2. The van der Waals surface area contributed by atoms with Crippen LogP contribution in [-0.2, 0) is 18.4 Å².